The first-order chi connectivity index (χ1) is 16.4. The van der Waals surface area contributed by atoms with Gasteiger partial charge in [0.05, 0.1) is 0 Å². The third-order valence-electron chi connectivity index (χ3n) is 3.87. The third-order valence-corrected chi connectivity index (χ3v) is 4.03. The van der Waals surface area contributed by atoms with Gasteiger partial charge in [0.15, 0.2) is 0 Å². The molecule has 0 aromatic rings. The van der Waals surface area contributed by atoms with Crippen LogP contribution in [0.25, 0.3) is 0 Å². The Balaban J connectivity index is -0.000000433. The average molecular weight is 795 g/mol. The van der Waals surface area contributed by atoms with Gasteiger partial charge in [0.1, 0.15) is 0 Å². The van der Waals surface area contributed by atoms with Crippen molar-refractivity contribution < 1.29 is 55.2 Å². The molecular weight excluding hydrogens is 767 g/mol. The quantitative estimate of drug-likeness (QED) is 0.150. The summed E-state index contributed by atoms with van der Waals surface area (Å²) in [6.07, 6.45) is 35.6. The molecule has 4 saturated carbocycles. The summed E-state index contributed by atoms with van der Waals surface area (Å²) in [7, 11) is 0. The van der Waals surface area contributed by atoms with Crippen molar-refractivity contribution in [2.45, 2.75) is 13.8 Å². The van der Waals surface area contributed by atoms with Crippen LogP contribution in [0.1, 0.15) is 13.8 Å². The Bertz CT molecular complexity index is 578. The van der Waals surface area contributed by atoms with E-state index in [1.165, 1.54) is 0 Å². The number of rotatable bonds is 4. The van der Waals surface area contributed by atoms with Crippen LogP contribution in [0.3, 0.4) is 0 Å². The monoisotopic (exact) mass is 795 g/mol. The number of nitrogens with two attached hydrogens (primary N) is 2. The second-order valence-electron chi connectivity index (χ2n) is 6.52. The molecule has 4 aliphatic carbocycles. The van der Waals surface area contributed by atoms with Crippen molar-refractivity contribution in [2.24, 2.45) is 31.9 Å². The normalized spacial score (nSPS) is 20.6. The van der Waals surface area contributed by atoms with Crippen LogP contribution in [0.4, 0.5) is 0 Å². The summed E-state index contributed by atoms with van der Waals surface area (Å²) in [6.45, 7) is 3.72. The molecule has 6 nitrogen and oxygen atoms in total. The number of amidine groups is 2. The second-order valence-corrected chi connectivity index (χ2v) is 7.36. The Morgan fingerprint density at radius 2 is 0.703 bits per heavy atom. The average Bonchev–Trinajstić information content (AvgIpc) is 3.65. The van der Waals surface area contributed by atoms with Gasteiger partial charge in [-0.1, -0.05) is 0 Å². The first kappa shape index (κ1) is 41.9. The van der Waals surface area contributed by atoms with Crippen LogP contribution in [-0.2, 0) is 80.5 Å². The maximum absolute atomic E-state index is 5.15. The summed E-state index contributed by atoms with van der Waals surface area (Å²) in [5.41, 5.74) is 11.9. The topological polar surface area (TPSA) is 101 Å². The summed E-state index contributed by atoms with van der Waals surface area (Å²) in [5, 5.41) is 15.0. The van der Waals surface area contributed by atoms with Gasteiger partial charge in [0, 0.05) is 23.3 Å². The van der Waals surface area contributed by atoms with E-state index in [1.54, 1.807) is 0 Å². The van der Waals surface area contributed by atoms with Crippen molar-refractivity contribution >= 4 is 47.0 Å². The van der Waals surface area contributed by atoms with Crippen molar-refractivity contribution in [3.8, 4) is 0 Å². The summed E-state index contributed by atoms with van der Waals surface area (Å²) >= 11 is 9.09. The third kappa shape index (κ3) is 24.0. The first-order valence-electron chi connectivity index (χ1n) is 10.3. The maximum atomic E-state index is 5.15. The summed E-state index contributed by atoms with van der Waals surface area (Å²) in [4.78, 5) is 0. The molecule has 0 spiro atoms. The van der Waals surface area contributed by atoms with Crippen LogP contribution >= 0.6 is 0 Å². The predicted molar refractivity (Wildman–Crippen MR) is 148 cm³/mol. The van der Waals surface area contributed by atoms with Gasteiger partial charge < -0.3 is 36.7 Å². The molecule has 4 N–H and O–H groups in total. The fourth-order valence-corrected chi connectivity index (χ4v) is 2.32. The molecule has 20 radical (unpaired) electrons. The summed E-state index contributed by atoms with van der Waals surface area (Å²) in [6, 6.07) is 0. The van der Waals surface area contributed by atoms with Crippen molar-refractivity contribution in [2.75, 3.05) is 0 Å². The van der Waals surface area contributed by atoms with Gasteiger partial charge in [-0.25, -0.2) is 0 Å². The number of nitrogens with zero attached hydrogens (tertiary/aromatic N) is 4. The van der Waals surface area contributed by atoms with E-state index < -0.39 is 0 Å². The zero-order valence-corrected chi connectivity index (χ0v) is 26.3. The van der Waals surface area contributed by atoms with Gasteiger partial charge in [0.25, 0.3) is 0 Å². The van der Waals surface area contributed by atoms with Gasteiger partial charge in [-0.05, 0) is 140 Å². The Morgan fingerprint density at radius 1 is 0.486 bits per heavy atom. The minimum atomic E-state index is 0. The Labute approximate surface area is 273 Å². The molecule has 4 rings (SSSR count). The molecule has 196 valence electrons. The Hall–Kier alpha value is 0.447. The summed E-state index contributed by atoms with van der Waals surface area (Å²) in [5.74, 6) is 2.07. The molecule has 0 bridgehead atoms. The van der Waals surface area contributed by atoms with Crippen LogP contribution in [0.5, 0.6) is 0 Å². The molecule has 0 aromatic carbocycles. The van der Waals surface area contributed by atoms with Crippen LogP contribution in [0, 0.1) is 127 Å². The summed E-state index contributed by atoms with van der Waals surface area (Å²) < 4.78 is 0. The largest absolute Gasteiger partial charge is 2.00 e. The molecule has 0 amide bonds. The van der Waals surface area contributed by atoms with E-state index in [2.05, 4.69) is 45.7 Å². The molecule has 37 heavy (non-hydrogen) atoms. The first-order valence-corrected chi connectivity index (χ1v) is 11.1. The SMILES string of the molecule is C/C(=N/N=C(/N)[S-])[C]1[CH][CH][CH][CH]1.C/C(=N/N=C(/N)[S-])[C]1[CH][CH][CH][CH]1.[CH]1[CH][CH][CH][CH]1.[CH]1[CH][CH][CH][CH]1.[Fe+2].[Fe+2].[Pt+2]. The standard InChI is InChI=1S/2C8H10N3S.2C5H5.2Fe.Pt/c2*1-6(10-11-8(9)12)7-4-2-3-5-7;2*1-2-4-5-3-1;;;/h2*2-5H,1H3,(H3,9,11,12);2*1-5H;;;/q;;;;3*+2/p-2/b2*10-6-;;;;;. The molecular formula is C26H28Fe2N6PtS2+4. The van der Waals surface area contributed by atoms with E-state index in [4.69, 9.17) is 11.5 Å². The molecule has 0 saturated heterocycles. The van der Waals surface area contributed by atoms with E-state index in [-0.39, 0.29) is 65.5 Å². The Kier molecular flexibility index (Phi) is 31.7. The van der Waals surface area contributed by atoms with E-state index in [0.29, 0.717) is 0 Å². The van der Waals surface area contributed by atoms with E-state index >= 15 is 0 Å². The molecule has 0 aromatic heterocycles. The van der Waals surface area contributed by atoms with Crippen LogP contribution in [0.15, 0.2) is 20.4 Å². The van der Waals surface area contributed by atoms with Crippen LogP contribution < -0.4 is 11.5 Å². The van der Waals surface area contributed by atoms with E-state index in [0.717, 1.165) is 23.3 Å². The van der Waals surface area contributed by atoms with Crippen LogP contribution in [0.2, 0.25) is 0 Å². The molecule has 0 aliphatic heterocycles. The fourth-order valence-electron chi connectivity index (χ4n) is 2.24. The second kappa shape index (κ2) is 28.0. The number of hydrogen-bond acceptors (Lipinski definition) is 6. The molecule has 4 aliphatic rings. The molecule has 11 heteroatoms. The van der Waals surface area contributed by atoms with Gasteiger partial charge in [-0.3, -0.25) is 0 Å². The molecule has 0 heterocycles. The molecule has 0 atom stereocenters. The zero-order valence-electron chi connectivity index (χ0n) is 20.2. The Morgan fingerprint density at radius 3 is 0.892 bits per heavy atom. The van der Waals surface area contributed by atoms with E-state index in [9.17, 15) is 0 Å². The maximum Gasteiger partial charge on any atom is 2.00 e. The minimum absolute atomic E-state index is 0. The predicted octanol–water partition coefficient (Wildman–Crippen LogP) is 3.29. The van der Waals surface area contributed by atoms with Gasteiger partial charge in [-0.2, -0.15) is 20.4 Å². The smallest absolute Gasteiger partial charge is 0.741 e. The van der Waals surface area contributed by atoms with Crippen molar-refractivity contribution in [1.82, 2.24) is 0 Å². The fraction of sp³-hybridized carbons (Fsp3) is 0.0769. The van der Waals surface area contributed by atoms with Gasteiger partial charge in [-0.15, -0.1) is 0 Å². The van der Waals surface area contributed by atoms with Crippen LogP contribution in [-0.4, -0.2) is 21.8 Å². The number of hydrogen-bond donors (Lipinski definition) is 2. The zero-order chi connectivity index (χ0) is 25.0. The minimum Gasteiger partial charge on any atom is -0.741 e. The molecule has 0 unspecified atom stereocenters. The van der Waals surface area contributed by atoms with Crippen molar-refractivity contribution in [1.29, 1.82) is 0 Å². The van der Waals surface area contributed by atoms with Gasteiger partial charge in [0.2, 0.25) is 0 Å². The van der Waals surface area contributed by atoms with E-state index in [1.807, 2.05) is 129 Å². The van der Waals surface area contributed by atoms with Crippen molar-refractivity contribution in [3.05, 3.63) is 127 Å². The van der Waals surface area contributed by atoms with Gasteiger partial charge >= 0.3 is 55.2 Å². The molecule has 4 fully saturated rings. The van der Waals surface area contributed by atoms with Crippen molar-refractivity contribution in [3.63, 3.8) is 0 Å².